The van der Waals surface area contributed by atoms with Gasteiger partial charge in [0.15, 0.2) is 11.5 Å². The van der Waals surface area contributed by atoms with Gasteiger partial charge in [0.05, 0.1) is 30.8 Å². The number of benzene rings is 2. The van der Waals surface area contributed by atoms with E-state index in [0.717, 1.165) is 16.9 Å². The summed E-state index contributed by atoms with van der Waals surface area (Å²) in [5, 5.41) is 2.92. The van der Waals surface area contributed by atoms with Gasteiger partial charge in [-0.05, 0) is 44.2 Å². The van der Waals surface area contributed by atoms with Gasteiger partial charge >= 0.3 is 0 Å². The number of nitrogens with zero attached hydrogens (tertiary/aromatic N) is 2. The van der Waals surface area contributed by atoms with E-state index in [1.54, 1.807) is 18.2 Å². The zero-order valence-electron chi connectivity index (χ0n) is 15.3. The summed E-state index contributed by atoms with van der Waals surface area (Å²) in [6.45, 7) is 5.20. The fraction of sp³-hybridized carbons (Fsp3) is 0.300. The van der Waals surface area contributed by atoms with Crippen LogP contribution in [-0.4, -0.2) is 28.7 Å². The third-order valence-corrected chi connectivity index (χ3v) is 4.09. The van der Waals surface area contributed by atoms with Crippen LogP contribution in [0.3, 0.4) is 0 Å². The SMILES string of the molecule is CCOc1ccc(C(=O)NCc2nc3ccccc3n2C)cc1OCC. The molecule has 0 aliphatic rings. The second-order valence-corrected chi connectivity index (χ2v) is 5.79. The number of fused-ring (bicyclic) bond motifs is 1. The van der Waals surface area contributed by atoms with E-state index in [1.165, 1.54) is 0 Å². The van der Waals surface area contributed by atoms with Crippen LogP contribution in [0.4, 0.5) is 0 Å². The third kappa shape index (κ3) is 3.64. The number of hydrogen-bond donors (Lipinski definition) is 1. The molecule has 1 N–H and O–H groups in total. The zero-order valence-corrected chi connectivity index (χ0v) is 15.3. The van der Waals surface area contributed by atoms with Crippen molar-refractivity contribution in [2.75, 3.05) is 13.2 Å². The molecule has 0 aliphatic heterocycles. The van der Waals surface area contributed by atoms with Gasteiger partial charge in [0, 0.05) is 12.6 Å². The van der Waals surface area contributed by atoms with E-state index in [1.807, 2.05) is 49.7 Å². The minimum absolute atomic E-state index is 0.180. The van der Waals surface area contributed by atoms with Crippen LogP contribution in [0.15, 0.2) is 42.5 Å². The highest BCUT2D eigenvalue weighted by atomic mass is 16.5. The predicted molar refractivity (Wildman–Crippen MR) is 101 cm³/mol. The van der Waals surface area contributed by atoms with Crippen molar-refractivity contribution in [1.82, 2.24) is 14.9 Å². The first-order valence-electron chi connectivity index (χ1n) is 8.72. The van der Waals surface area contributed by atoms with E-state index in [-0.39, 0.29) is 5.91 Å². The molecule has 0 fully saturated rings. The van der Waals surface area contributed by atoms with E-state index in [0.29, 0.717) is 36.8 Å². The molecule has 0 aliphatic carbocycles. The molecule has 6 heteroatoms. The van der Waals surface area contributed by atoms with Gasteiger partial charge < -0.3 is 19.4 Å². The van der Waals surface area contributed by atoms with Crippen LogP contribution in [0.5, 0.6) is 11.5 Å². The molecule has 0 spiro atoms. The zero-order chi connectivity index (χ0) is 18.5. The van der Waals surface area contributed by atoms with Crippen LogP contribution in [-0.2, 0) is 13.6 Å². The molecule has 0 bridgehead atoms. The third-order valence-electron chi connectivity index (χ3n) is 4.09. The summed E-state index contributed by atoms with van der Waals surface area (Å²) in [6, 6.07) is 13.1. The Kier molecular flexibility index (Phi) is 5.41. The van der Waals surface area contributed by atoms with Gasteiger partial charge in [0.2, 0.25) is 0 Å². The lowest BCUT2D eigenvalue weighted by molar-refractivity contribution is 0.0949. The Bertz CT molecular complexity index is 918. The summed E-state index contributed by atoms with van der Waals surface area (Å²) in [4.78, 5) is 17.1. The number of carbonyl (C=O) groups excluding carboxylic acids is 1. The van der Waals surface area contributed by atoms with Gasteiger partial charge in [-0.15, -0.1) is 0 Å². The topological polar surface area (TPSA) is 65.4 Å². The van der Waals surface area contributed by atoms with E-state index in [2.05, 4.69) is 10.3 Å². The van der Waals surface area contributed by atoms with Crippen LogP contribution in [0.2, 0.25) is 0 Å². The molecule has 1 heterocycles. The van der Waals surface area contributed by atoms with E-state index < -0.39 is 0 Å². The minimum Gasteiger partial charge on any atom is -0.490 e. The monoisotopic (exact) mass is 353 g/mol. The van der Waals surface area contributed by atoms with Crippen molar-refractivity contribution in [1.29, 1.82) is 0 Å². The summed E-state index contributed by atoms with van der Waals surface area (Å²) in [6.07, 6.45) is 0. The van der Waals surface area contributed by atoms with Crippen LogP contribution in [0.1, 0.15) is 30.0 Å². The Morgan fingerprint density at radius 2 is 1.81 bits per heavy atom. The molecule has 3 rings (SSSR count). The van der Waals surface area contributed by atoms with Gasteiger partial charge in [-0.3, -0.25) is 4.79 Å². The van der Waals surface area contributed by atoms with Crippen LogP contribution >= 0.6 is 0 Å². The number of para-hydroxylation sites is 2. The van der Waals surface area contributed by atoms with Crippen molar-refractivity contribution in [3.05, 3.63) is 53.9 Å². The lowest BCUT2D eigenvalue weighted by atomic mass is 10.2. The molecule has 0 saturated carbocycles. The molecule has 1 aromatic heterocycles. The number of imidazole rings is 1. The highest BCUT2D eigenvalue weighted by Gasteiger charge is 2.13. The molecule has 0 atom stereocenters. The molecular weight excluding hydrogens is 330 g/mol. The molecule has 0 saturated heterocycles. The van der Waals surface area contributed by atoms with Gasteiger partial charge in [-0.25, -0.2) is 4.98 Å². The lowest BCUT2D eigenvalue weighted by Crippen LogP contribution is -2.24. The van der Waals surface area contributed by atoms with Crippen LogP contribution < -0.4 is 14.8 Å². The normalized spacial score (nSPS) is 10.7. The molecule has 2 aromatic carbocycles. The number of amides is 1. The molecule has 3 aromatic rings. The maximum absolute atomic E-state index is 12.5. The molecule has 0 radical (unpaired) electrons. The van der Waals surface area contributed by atoms with Crippen molar-refractivity contribution in [2.24, 2.45) is 7.05 Å². The molecule has 6 nitrogen and oxygen atoms in total. The Morgan fingerprint density at radius 1 is 1.08 bits per heavy atom. The fourth-order valence-electron chi connectivity index (χ4n) is 2.81. The fourth-order valence-corrected chi connectivity index (χ4v) is 2.81. The average molecular weight is 353 g/mol. The standard InChI is InChI=1S/C20H23N3O3/c1-4-25-17-11-10-14(12-18(17)26-5-2)20(24)21-13-19-22-15-8-6-7-9-16(15)23(19)3/h6-12H,4-5,13H2,1-3H3,(H,21,24). The van der Waals surface area contributed by atoms with Gasteiger partial charge in [0.1, 0.15) is 5.82 Å². The minimum atomic E-state index is -0.180. The Morgan fingerprint density at radius 3 is 2.54 bits per heavy atom. The van der Waals surface area contributed by atoms with Gasteiger partial charge in [-0.2, -0.15) is 0 Å². The quantitative estimate of drug-likeness (QED) is 0.708. The smallest absolute Gasteiger partial charge is 0.251 e. The predicted octanol–water partition coefficient (Wildman–Crippen LogP) is 3.30. The number of aryl methyl sites for hydroxylation is 1. The van der Waals surface area contributed by atoms with Crippen molar-refractivity contribution >= 4 is 16.9 Å². The summed E-state index contributed by atoms with van der Waals surface area (Å²) in [5.41, 5.74) is 2.48. The number of rotatable bonds is 7. The van der Waals surface area contributed by atoms with E-state index in [9.17, 15) is 4.79 Å². The number of carbonyl (C=O) groups is 1. The average Bonchev–Trinajstić information content (AvgIpc) is 2.98. The summed E-state index contributed by atoms with van der Waals surface area (Å²) >= 11 is 0. The highest BCUT2D eigenvalue weighted by molar-refractivity contribution is 5.94. The van der Waals surface area contributed by atoms with Crippen molar-refractivity contribution in [3.8, 4) is 11.5 Å². The summed E-state index contributed by atoms with van der Waals surface area (Å²) < 4.78 is 13.1. The maximum atomic E-state index is 12.5. The maximum Gasteiger partial charge on any atom is 0.251 e. The molecule has 0 unspecified atom stereocenters. The summed E-state index contributed by atoms with van der Waals surface area (Å²) in [7, 11) is 1.95. The number of nitrogens with one attached hydrogen (secondary N) is 1. The van der Waals surface area contributed by atoms with Crippen molar-refractivity contribution in [3.63, 3.8) is 0 Å². The second kappa shape index (κ2) is 7.91. The van der Waals surface area contributed by atoms with E-state index >= 15 is 0 Å². The number of aromatic nitrogens is 2. The highest BCUT2D eigenvalue weighted by Crippen LogP contribution is 2.28. The van der Waals surface area contributed by atoms with Crippen LogP contribution in [0.25, 0.3) is 11.0 Å². The number of ether oxygens (including phenoxy) is 2. The Labute approximate surface area is 152 Å². The number of hydrogen-bond acceptors (Lipinski definition) is 4. The largest absolute Gasteiger partial charge is 0.490 e. The lowest BCUT2D eigenvalue weighted by Gasteiger charge is -2.12. The first kappa shape index (κ1) is 17.8. The van der Waals surface area contributed by atoms with Crippen molar-refractivity contribution < 1.29 is 14.3 Å². The first-order valence-corrected chi connectivity index (χ1v) is 8.72. The second-order valence-electron chi connectivity index (χ2n) is 5.79. The molecule has 1 amide bonds. The molecule has 136 valence electrons. The Hall–Kier alpha value is -3.02. The molecule has 26 heavy (non-hydrogen) atoms. The van der Waals surface area contributed by atoms with Gasteiger partial charge in [-0.1, -0.05) is 12.1 Å². The van der Waals surface area contributed by atoms with E-state index in [4.69, 9.17) is 9.47 Å². The Balaban J connectivity index is 1.75. The van der Waals surface area contributed by atoms with Crippen LogP contribution in [0, 0.1) is 0 Å². The van der Waals surface area contributed by atoms with Gasteiger partial charge in [0.25, 0.3) is 5.91 Å². The first-order chi connectivity index (χ1) is 12.6. The summed E-state index contributed by atoms with van der Waals surface area (Å²) in [5.74, 6) is 1.84. The molecular formula is C20H23N3O3. The van der Waals surface area contributed by atoms with Crippen molar-refractivity contribution in [2.45, 2.75) is 20.4 Å².